The van der Waals surface area contributed by atoms with Crippen molar-refractivity contribution in [1.82, 2.24) is 9.62 Å². The molecule has 0 heterocycles. The molecule has 9 heteroatoms. The Morgan fingerprint density at radius 2 is 1.47 bits per heavy atom. The molecule has 164 valence electrons. The van der Waals surface area contributed by atoms with Gasteiger partial charge in [0.05, 0.1) is 16.5 Å². The van der Waals surface area contributed by atoms with Gasteiger partial charge in [-0.1, -0.05) is 31.2 Å². The van der Waals surface area contributed by atoms with Crippen molar-refractivity contribution in [2.75, 3.05) is 14.1 Å². The predicted octanol–water partition coefficient (Wildman–Crippen LogP) is 4.33. The van der Waals surface area contributed by atoms with E-state index in [0.29, 0.717) is 5.56 Å². The number of nitrogens with one attached hydrogen (secondary N) is 1. The van der Waals surface area contributed by atoms with E-state index in [-0.39, 0.29) is 29.2 Å². The van der Waals surface area contributed by atoms with Crippen LogP contribution in [-0.4, -0.2) is 32.7 Å². The van der Waals surface area contributed by atoms with Crippen LogP contribution >= 0.6 is 0 Å². The maximum Gasteiger partial charge on any atom is 0.416 e. The van der Waals surface area contributed by atoms with Crippen LogP contribution in [0.5, 0.6) is 0 Å². The van der Waals surface area contributed by atoms with Crippen LogP contribution in [0.15, 0.2) is 53.4 Å². The van der Waals surface area contributed by atoms with Crippen molar-refractivity contribution in [2.24, 2.45) is 0 Å². The van der Waals surface area contributed by atoms with Gasteiger partial charge in [0.15, 0.2) is 0 Å². The maximum absolute atomic E-state index is 12.7. The smallest absolute Gasteiger partial charge is 0.350 e. The number of amides is 1. The Morgan fingerprint density at radius 1 is 0.967 bits per heavy atom. The van der Waals surface area contributed by atoms with E-state index in [1.54, 1.807) is 26.0 Å². The van der Waals surface area contributed by atoms with Gasteiger partial charge in [0, 0.05) is 20.5 Å². The minimum absolute atomic E-state index is 0.114. The minimum atomic E-state index is -4.39. The number of halogens is 3. The lowest BCUT2D eigenvalue weighted by Crippen LogP contribution is -2.27. The van der Waals surface area contributed by atoms with E-state index >= 15 is 0 Å². The molecule has 0 spiro atoms. The highest BCUT2D eigenvalue weighted by molar-refractivity contribution is 7.89. The van der Waals surface area contributed by atoms with Crippen molar-refractivity contribution in [1.29, 1.82) is 0 Å². The van der Waals surface area contributed by atoms with Crippen LogP contribution in [0.25, 0.3) is 0 Å². The van der Waals surface area contributed by atoms with E-state index < -0.39 is 21.8 Å². The topological polar surface area (TPSA) is 66.5 Å². The summed E-state index contributed by atoms with van der Waals surface area (Å²) < 4.78 is 63.3. The van der Waals surface area contributed by atoms with Gasteiger partial charge in [-0.05, 0) is 48.2 Å². The molecule has 0 bridgehead atoms. The second-order valence-corrected chi connectivity index (χ2v) is 9.52. The molecule has 2 rings (SSSR count). The van der Waals surface area contributed by atoms with Crippen LogP contribution in [-0.2, 0) is 21.0 Å². The van der Waals surface area contributed by atoms with Crippen molar-refractivity contribution in [2.45, 2.75) is 43.3 Å². The number of nitrogens with zero attached hydrogens (tertiary/aromatic N) is 1. The standard InChI is InChI=1S/C21H25F3N2O3S/c1-14(16-5-9-18(10-6-16)21(22,23)24)13-20(27)25-15(2)17-7-11-19(12-8-17)30(28,29)26(3)4/h5-12,14-15H,13H2,1-4H3,(H,25,27). The molecule has 2 aromatic rings. The van der Waals surface area contributed by atoms with Gasteiger partial charge < -0.3 is 5.32 Å². The van der Waals surface area contributed by atoms with Crippen molar-refractivity contribution in [3.05, 3.63) is 65.2 Å². The van der Waals surface area contributed by atoms with Crippen LogP contribution < -0.4 is 5.32 Å². The minimum Gasteiger partial charge on any atom is -0.350 e. The average Bonchev–Trinajstić information content (AvgIpc) is 2.67. The number of carbonyl (C=O) groups is 1. The molecule has 1 amide bonds. The zero-order valence-electron chi connectivity index (χ0n) is 17.2. The Bertz CT molecular complexity index is 970. The maximum atomic E-state index is 12.7. The molecule has 2 aromatic carbocycles. The summed E-state index contributed by atoms with van der Waals surface area (Å²) in [6, 6.07) is 10.7. The van der Waals surface area contributed by atoms with Gasteiger partial charge in [0.1, 0.15) is 0 Å². The number of carbonyl (C=O) groups excluding carboxylic acids is 1. The van der Waals surface area contributed by atoms with Crippen molar-refractivity contribution in [3.8, 4) is 0 Å². The van der Waals surface area contributed by atoms with Crippen molar-refractivity contribution < 1.29 is 26.4 Å². The molecule has 0 aromatic heterocycles. The molecule has 0 aliphatic heterocycles. The molecule has 30 heavy (non-hydrogen) atoms. The first-order valence-corrected chi connectivity index (χ1v) is 10.8. The van der Waals surface area contributed by atoms with Gasteiger partial charge in [-0.25, -0.2) is 12.7 Å². The van der Waals surface area contributed by atoms with Gasteiger partial charge in [0.2, 0.25) is 15.9 Å². The van der Waals surface area contributed by atoms with Gasteiger partial charge in [-0.15, -0.1) is 0 Å². The summed E-state index contributed by atoms with van der Waals surface area (Å²) in [4.78, 5) is 12.5. The summed E-state index contributed by atoms with van der Waals surface area (Å²) in [6.45, 7) is 3.55. The van der Waals surface area contributed by atoms with E-state index in [2.05, 4.69) is 5.32 Å². The average molecular weight is 443 g/mol. The molecular formula is C21H25F3N2O3S. The second kappa shape index (κ2) is 9.18. The summed E-state index contributed by atoms with van der Waals surface area (Å²) in [5.41, 5.74) is 0.656. The number of hydrogen-bond donors (Lipinski definition) is 1. The number of rotatable bonds is 7. The van der Waals surface area contributed by atoms with Gasteiger partial charge in [-0.2, -0.15) is 13.2 Å². The molecule has 0 fully saturated rings. The van der Waals surface area contributed by atoms with Gasteiger partial charge >= 0.3 is 6.18 Å². The van der Waals surface area contributed by atoms with Crippen molar-refractivity contribution >= 4 is 15.9 Å². The molecule has 5 nitrogen and oxygen atoms in total. The molecule has 0 aliphatic rings. The van der Waals surface area contributed by atoms with Crippen LogP contribution in [0.3, 0.4) is 0 Å². The predicted molar refractivity (Wildman–Crippen MR) is 108 cm³/mol. The van der Waals surface area contributed by atoms with Crippen LogP contribution in [0, 0.1) is 0 Å². The Balaban J connectivity index is 1.99. The van der Waals surface area contributed by atoms with Gasteiger partial charge in [-0.3, -0.25) is 4.79 Å². The largest absolute Gasteiger partial charge is 0.416 e. The Hall–Kier alpha value is -2.39. The normalized spacial score (nSPS) is 14.4. The first-order chi connectivity index (χ1) is 13.8. The molecule has 0 radical (unpaired) electrons. The molecule has 0 saturated carbocycles. The van der Waals surface area contributed by atoms with E-state index in [1.165, 1.54) is 38.4 Å². The Labute approximate surface area is 175 Å². The van der Waals surface area contributed by atoms with Crippen LogP contribution in [0.1, 0.15) is 48.9 Å². The third-order valence-corrected chi connectivity index (χ3v) is 6.66. The number of alkyl halides is 3. The van der Waals surface area contributed by atoms with E-state index in [0.717, 1.165) is 22.0 Å². The molecule has 1 N–H and O–H groups in total. The fourth-order valence-electron chi connectivity index (χ4n) is 2.92. The number of hydrogen-bond acceptors (Lipinski definition) is 3. The van der Waals surface area contributed by atoms with E-state index in [9.17, 15) is 26.4 Å². The first kappa shape index (κ1) is 23.9. The van der Waals surface area contributed by atoms with Gasteiger partial charge in [0.25, 0.3) is 0 Å². The lowest BCUT2D eigenvalue weighted by Gasteiger charge is -2.18. The highest BCUT2D eigenvalue weighted by Crippen LogP contribution is 2.30. The quantitative estimate of drug-likeness (QED) is 0.694. The zero-order valence-corrected chi connectivity index (χ0v) is 18.0. The highest BCUT2D eigenvalue weighted by atomic mass is 32.2. The summed E-state index contributed by atoms with van der Waals surface area (Å²) in [6.07, 6.45) is -4.28. The fraction of sp³-hybridized carbons (Fsp3) is 0.381. The third kappa shape index (κ3) is 5.82. The monoisotopic (exact) mass is 442 g/mol. The lowest BCUT2D eigenvalue weighted by atomic mass is 9.96. The third-order valence-electron chi connectivity index (χ3n) is 4.83. The molecular weight excluding hydrogens is 417 g/mol. The Kier molecular flexibility index (Phi) is 7.31. The summed E-state index contributed by atoms with van der Waals surface area (Å²) >= 11 is 0. The number of benzene rings is 2. The van der Waals surface area contributed by atoms with Crippen LogP contribution in [0.4, 0.5) is 13.2 Å². The second-order valence-electron chi connectivity index (χ2n) is 7.37. The SMILES string of the molecule is CC(CC(=O)NC(C)c1ccc(S(=O)(=O)N(C)C)cc1)c1ccc(C(F)(F)F)cc1. The molecule has 2 unspecified atom stereocenters. The molecule has 0 saturated heterocycles. The van der Waals surface area contributed by atoms with Crippen molar-refractivity contribution in [3.63, 3.8) is 0 Å². The summed E-state index contributed by atoms with van der Waals surface area (Å²) in [5.74, 6) is -0.507. The lowest BCUT2D eigenvalue weighted by molar-refractivity contribution is -0.137. The zero-order chi connectivity index (χ0) is 22.7. The first-order valence-electron chi connectivity index (χ1n) is 9.31. The summed E-state index contributed by atoms with van der Waals surface area (Å²) in [7, 11) is -0.629. The highest BCUT2D eigenvalue weighted by Gasteiger charge is 2.30. The molecule has 0 aliphatic carbocycles. The van der Waals surface area contributed by atoms with Crippen LogP contribution in [0.2, 0.25) is 0 Å². The summed E-state index contributed by atoms with van der Waals surface area (Å²) in [5, 5.41) is 2.83. The molecule has 2 atom stereocenters. The Morgan fingerprint density at radius 3 is 1.93 bits per heavy atom. The van der Waals surface area contributed by atoms with E-state index in [1.807, 2.05) is 0 Å². The fourth-order valence-corrected chi connectivity index (χ4v) is 3.82. The number of sulfonamides is 1. The van der Waals surface area contributed by atoms with E-state index in [4.69, 9.17) is 0 Å².